The molecule has 182 valence electrons. The van der Waals surface area contributed by atoms with Gasteiger partial charge in [-0.25, -0.2) is 9.97 Å². The van der Waals surface area contributed by atoms with Crippen LogP contribution >= 0.6 is 11.3 Å². The van der Waals surface area contributed by atoms with Crippen LogP contribution in [-0.4, -0.2) is 63.3 Å². The summed E-state index contributed by atoms with van der Waals surface area (Å²) in [6, 6.07) is 6.66. The Balaban J connectivity index is 1.33. The van der Waals surface area contributed by atoms with Gasteiger partial charge >= 0.3 is 0 Å². The first kappa shape index (κ1) is 23.4. The third kappa shape index (κ3) is 5.17. The lowest BCUT2D eigenvalue weighted by Crippen LogP contribution is -2.46. The van der Waals surface area contributed by atoms with Crippen molar-refractivity contribution >= 4 is 39.1 Å². The van der Waals surface area contributed by atoms with E-state index in [0.717, 1.165) is 60.7 Å². The van der Waals surface area contributed by atoms with Crippen LogP contribution in [0.3, 0.4) is 0 Å². The lowest BCUT2D eigenvalue weighted by molar-refractivity contribution is 0.00790. The van der Waals surface area contributed by atoms with Gasteiger partial charge < -0.3 is 20.5 Å². The molecule has 8 nitrogen and oxygen atoms in total. The summed E-state index contributed by atoms with van der Waals surface area (Å²) < 4.78 is 5.51. The average molecular weight is 483 g/mol. The molecule has 5 rings (SSSR count). The number of aliphatic hydroxyl groups is 1. The minimum Gasteiger partial charge on any atom is -0.384 e. The maximum absolute atomic E-state index is 10.4. The van der Waals surface area contributed by atoms with E-state index in [2.05, 4.69) is 32.8 Å². The Labute approximate surface area is 204 Å². The summed E-state index contributed by atoms with van der Waals surface area (Å²) >= 11 is 1.63. The zero-order valence-electron chi connectivity index (χ0n) is 20.2. The van der Waals surface area contributed by atoms with E-state index >= 15 is 0 Å². The predicted octanol–water partition coefficient (Wildman–Crippen LogP) is 4.42. The topological polar surface area (TPSA) is 95.4 Å². The van der Waals surface area contributed by atoms with Gasteiger partial charge in [-0.1, -0.05) is 6.07 Å². The number of pyridine rings is 1. The zero-order chi connectivity index (χ0) is 23.7. The molecule has 1 saturated heterocycles. The largest absolute Gasteiger partial charge is 0.384 e. The first-order valence-corrected chi connectivity index (χ1v) is 13.1. The fourth-order valence-corrected chi connectivity index (χ4v) is 5.84. The van der Waals surface area contributed by atoms with Gasteiger partial charge in [0.2, 0.25) is 5.95 Å². The number of hydrogen-bond acceptors (Lipinski definition) is 9. The number of fused-ring (bicyclic) bond motifs is 1. The second-order valence-electron chi connectivity index (χ2n) is 9.88. The smallest absolute Gasteiger partial charge is 0.226 e. The van der Waals surface area contributed by atoms with Crippen molar-refractivity contribution in [3.63, 3.8) is 0 Å². The molecule has 4 heterocycles. The maximum Gasteiger partial charge on any atom is 0.226 e. The number of morpholine rings is 1. The van der Waals surface area contributed by atoms with Gasteiger partial charge in [0.05, 0.1) is 24.3 Å². The van der Waals surface area contributed by atoms with Crippen LogP contribution in [0.15, 0.2) is 23.6 Å². The minimum absolute atomic E-state index is 0.375. The van der Waals surface area contributed by atoms with Crippen LogP contribution in [0.1, 0.15) is 50.8 Å². The fourth-order valence-electron chi connectivity index (χ4n) is 4.92. The van der Waals surface area contributed by atoms with Gasteiger partial charge in [-0.3, -0.25) is 4.90 Å². The number of rotatable bonds is 6. The van der Waals surface area contributed by atoms with E-state index in [9.17, 15) is 5.11 Å². The first-order valence-electron chi connectivity index (χ1n) is 12.2. The highest BCUT2D eigenvalue weighted by Crippen LogP contribution is 2.33. The lowest BCUT2D eigenvalue weighted by Gasteiger charge is -2.38. The van der Waals surface area contributed by atoms with Gasteiger partial charge in [0.25, 0.3) is 0 Å². The van der Waals surface area contributed by atoms with Crippen molar-refractivity contribution in [3.05, 3.63) is 34.8 Å². The number of anilines is 3. The summed E-state index contributed by atoms with van der Waals surface area (Å²) in [5, 5.41) is 20.5. The zero-order valence-corrected chi connectivity index (χ0v) is 21.0. The third-order valence-corrected chi connectivity index (χ3v) is 7.82. The third-order valence-electron chi connectivity index (χ3n) is 6.83. The van der Waals surface area contributed by atoms with Crippen LogP contribution in [0.25, 0.3) is 10.2 Å². The molecule has 1 aliphatic heterocycles. The molecule has 0 bridgehead atoms. The molecule has 9 heteroatoms. The van der Waals surface area contributed by atoms with Gasteiger partial charge in [-0.15, -0.1) is 11.3 Å². The van der Waals surface area contributed by atoms with E-state index in [0.29, 0.717) is 29.5 Å². The van der Waals surface area contributed by atoms with Gasteiger partial charge in [-0.05, 0) is 69.5 Å². The number of hydrogen-bond donors (Lipinski definition) is 3. The summed E-state index contributed by atoms with van der Waals surface area (Å²) in [6.07, 6.45) is 4.61. The van der Waals surface area contributed by atoms with E-state index in [1.165, 1.54) is 12.8 Å². The van der Waals surface area contributed by atoms with Gasteiger partial charge in [0.15, 0.2) is 0 Å². The Kier molecular flexibility index (Phi) is 6.70. The molecule has 0 unspecified atom stereocenters. The van der Waals surface area contributed by atoms with Crippen LogP contribution in [0, 0.1) is 6.92 Å². The van der Waals surface area contributed by atoms with E-state index in [1.54, 1.807) is 25.2 Å². The van der Waals surface area contributed by atoms with Gasteiger partial charge in [-0.2, -0.15) is 4.98 Å². The van der Waals surface area contributed by atoms with Crippen molar-refractivity contribution in [2.24, 2.45) is 0 Å². The van der Waals surface area contributed by atoms with Crippen LogP contribution in [0.2, 0.25) is 0 Å². The molecule has 3 aromatic rings. The van der Waals surface area contributed by atoms with Crippen molar-refractivity contribution in [3.8, 4) is 0 Å². The molecule has 3 N–H and O–H groups in total. The van der Waals surface area contributed by atoms with Crippen LogP contribution in [0.5, 0.6) is 0 Å². The van der Waals surface area contributed by atoms with E-state index in [1.807, 2.05) is 18.2 Å². The van der Waals surface area contributed by atoms with E-state index in [-0.39, 0.29) is 0 Å². The molecular weight excluding hydrogens is 448 g/mol. The summed E-state index contributed by atoms with van der Waals surface area (Å²) in [4.78, 5) is 17.8. The van der Waals surface area contributed by atoms with Crippen molar-refractivity contribution in [1.82, 2.24) is 19.9 Å². The fraction of sp³-hybridized carbons (Fsp3) is 0.560. The number of nitrogens with one attached hydrogen (secondary N) is 2. The Morgan fingerprint density at radius 1 is 1.09 bits per heavy atom. The second kappa shape index (κ2) is 9.73. The van der Waals surface area contributed by atoms with E-state index in [4.69, 9.17) is 14.7 Å². The molecule has 1 aliphatic carbocycles. The Bertz CT molecular complexity index is 1130. The number of aromatic nitrogens is 3. The number of aryl methyl sites for hydroxylation is 1. The molecule has 34 heavy (non-hydrogen) atoms. The van der Waals surface area contributed by atoms with Crippen LogP contribution in [-0.2, 0) is 10.3 Å². The molecule has 2 aliphatic rings. The summed E-state index contributed by atoms with van der Waals surface area (Å²) in [5.74, 6) is 2.06. The molecule has 0 aromatic carbocycles. The van der Waals surface area contributed by atoms with Gasteiger partial charge in [0.1, 0.15) is 22.1 Å². The maximum atomic E-state index is 10.4. The number of thiophene rings is 1. The molecular formula is C25H34N6O2S. The highest BCUT2D eigenvalue weighted by atomic mass is 32.1. The second-order valence-corrected chi connectivity index (χ2v) is 10.7. The minimum atomic E-state index is -1.01. The van der Waals surface area contributed by atoms with Gasteiger partial charge in [0, 0.05) is 25.2 Å². The normalized spacial score (nSPS) is 22.1. The van der Waals surface area contributed by atoms with Crippen LogP contribution in [0.4, 0.5) is 17.6 Å². The standard InChI is InChI=1S/C25H34N6O2S/c1-16-15-34-23-21(16)22(28-20-6-4-5-19(27-20)25(2,3)32)29-24(30-23)26-17-7-9-18(10-8-17)31-11-13-33-14-12-31/h4-6,15,17-18,32H,7-14H2,1-3H3,(H2,26,27,28,29,30)/t17-,18-. The molecule has 0 amide bonds. The summed E-state index contributed by atoms with van der Waals surface area (Å²) in [5.41, 5.74) is 0.739. The van der Waals surface area contributed by atoms with Crippen molar-refractivity contribution in [2.75, 3.05) is 36.9 Å². The molecule has 2 fully saturated rings. The van der Waals surface area contributed by atoms with Crippen molar-refractivity contribution < 1.29 is 9.84 Å². The highest BCUT2D eigenvalue weighted by molar-refractivity contribution is 7.17. The summed E-state index contributed by atoms with van der Waals surface area (Å²) in [7, 11) is 0. The molecule has 0 spiro atoms. The predicted molar refractivity (Wildman–Crippen MR) is 137 cm³/mol. The van der Waals surface area contributed by atoms with Crippen molar-refractivity contribution in [2.45, 2.75) is 64.1 Å². The highest BCUT2D eigenvalue weighted by Gasteiger charge is 2.27. The Hall–Kier alpha value is -2.33. The number of nitrogens with zero attached hydrogens (tertiary/aromatic N) is 4. The SMILES string of the molecule is Cc1csc2nc(N[C@H]3CC[C@H](N4CCOCC4)CC3)nc(Nc3cccc(C(C)(C)O)n3)c12. The number of ether oxygens (including phenoxy) is 1. The Morgan fingerprint density at radius 3 is 2.59 bits per heavy atom. The summed E-state index contributed by atoms with van der Waals surface area (Å²) in [6.45, 7) is 9.37. The Morgan fingerprint density at radius 2 is 1.85 bits per heavy atom. The molecule has 0 atom stereocenters. The first-order chi connectivity index (χ1) is 16.4. The molecule has 1 saturated carbocycles. The monoisotopic (exact) mass is 482 g/mol. The average Bonchev–Trinajstić information content (AvgIpc) is 3.20. The lowest BCUT2D eigenvalue weighted by atomic mass is 9.90. The quantitative estimate of drug-likeness (QED) is 0.475. The van der Waals surface area contributed by atoms with Crippen molar-refractivity contribution in [1.29, 1.82) is 0 Å². The molecule has 3 aromatic heterocycles. The van der Waals surface area contributed by atoms with E-state index < -0.39 is 5.60 Å². The van der Waals surface area contributed by atoms with Crippen LogP contribution < -0.4 is 10.6 Å². The molecule has 0 radical (unpaired) electrons.